The Morgan fingerprint density at radius 3 is 2.65 bits per heavy atom. The van der Waals surface area contributed by atoms with E-state index in [2.05, 4.69) is 15.2 Å². The average molecular weight is 323 g/mol. The van der Waals surface area contributed by atoms with Gasteiger partial charge in [-0.2, -0.15) is 0 Å². The third-order valence-corrected chi connectivity index (χ3v) is 4.32. The normalized spacial score (nSPS) is 10.5. The van der Waals surface area contributed by atoms with E-state index in [0.29, 0.717) is 0 Å². The molecule has 0 aliphatic carbocycles. The molecule has 4 nitrogen and oxygen atoms in total. The van der Waals surface area contributed by atoms with Gasteiger partial charge in [-0.1, -0.05) is 23.9 Å². The van der Waals surface area contributed by atoms with E-state index in [0.717, 1.165) is 39.0 Å². The molecule has 3 aromatic rings. The molecule has 0 unspecified atom stereocenters. The van der Waals surface area contributed by atoms with Gasteiger partial charge in [0, 0.05) is 17.5 Å². The van der Waals surface area contributed by atoms with Crippen molar-refractivity contribution in [3.05, 3.63) is 66.0 Å². The van der Waals surface area contributed by atoms with Crippen LogP contribution in [0.15, 0.2) is 59.8 Å². The lowest BCUT2D eigenvalue weighted by atomic mass is 10.1. The lowest BCUT2D eigenvalue weighted by Crippen LogP contribution is -1.94. The second-order valence-corrected chi connectivity index (χ2v) is 6.07. The zero-order valence-corrected chi connectivity index (χ0v) is 13.9. The van der Waals surface area contributed by atoms with Crippen LogP contribution in [0.25, 0.3) is 11.3 Å². The molecule has 0 atom stereocenters. The molecule has 0 aliphatic rings. The molecule has 0 bridgehead atoms. The Morgan fingerprint density at radius 2 is 1.96 bits per heavy atom. The first-order valence-corrected chi connectivity index (χ1v) is 8.26. The number of methoxy groups -OCH3 is 1. The van der Waals surface area contributed by atoms with Crippen molar-refractivity contribution in [2.75, 3.05) is 7.11 Å². The van der Waals surface area contributed by atoms with E-state index in [1.54, 1.807) is 25.1 Å². The van der Waals surface area contributed by atoms with Gasteiger partial charge in [0.25, 0.3) is 0 Å². The highest BCUT2D eigenvalue weighted by Crippen LogP contribution is 2.30. The Balaban J connectivity index is 1.74. The number of ether oxygens (including phenoxy) is 1. The molecule has 5 heteroatoms. The number of hydrogen-bond donors (Lipinski definition) is 0. The van der Waals surface area contributed by atoms with Crippen LogP contribution in [0.4, 0.5) is 0 Å². The zero-order valence-electron chi connectivity index (χ0n) is 13.1. The molecule has 0 spiro atoms. The maximum absolute atomic E-state index is 5.43. The number of aryl methyl sites for hydroxylation is 1. The fraction of sp³-hybridized carbons (Fsp3) is 0.167. The Kier molecular flexibility index (Phi) is 4.88. The monoisotopic (exact) mass is 323 g/mol. The van der Waals surface area contributed by atoms with Gasteiger partial charge in [-0.15, -0.1) is 10.2 Å². The Bertz CT molecular complexity index is 776. The fourth-order valence-corrected chi connectivity index (χ4v) is 2.91. The first kappa shape index (κ1) is 15.5. The SMILES string of the molecule is COc1cc(C)ccc1-c1ccc(SCc2ccccn2)nn1. The molecule has 0 amide bonds. The van der Waals surface area contributed by atoms with Crippen molar-refractivity contribution in [2.45, 2.75) is 17.7 Å². The van der Waals surface area contributed by atoms with Gasteiger partial charge in [-0.05, 0) is 48.9 Å². The smallest absolute Gasteiger partial charge is 0.128 e. The zero-order chi connectivity index (χ0) is 16.1. The summed E-state index contributed by atoms with van der Waals surface area (Å²) >= 11 is 1.62. The highest BCUT2D eigenvalue weighted by atomic mass is 32.2. The van der Waals surface area contributed by atoms with E-state index in [-0.39, 0.29) is 0 Å². The minimum absolute atomic E-state index is 0.780. The molecule has 0 saturated heterocycles. The van der Waals surface area contributed by atoms with Gasteiger partial charge in [-0.25, -0.2) is 0 Å². The lowest BCUT2D eigenvalue weighted by molar-refractivity contribution is 0.416. The molecule has 0 fully saturated rings. The van der Waals surface area contributed by atoms with Crippen LogP contribution in [0.1, 0.15) is 11.3 Å². The van der Waals surface area contributed by atoms with Crippen LogP contribution >= 0.6 is 11.8 Å². The first-order chi connectivity index (χ1) is 11.3. The number of pyridine rings is 1. The van der Waals surface area contributed by atoms with Crippen molar-refractivity contribution in [1.82, 2.24) is 15.2 Å². The molecule has 116 valence electrons. The molecule has 1 aromatic carbocycles. The number of thioether (sulfide) groups is 1. The summed E-state index contributed by atoms with van der Waals surface area (Å²) < 4.78 is 5.43. The summed E-state index contributed by atoms with van der Waals surface area (Å²) in [6.07, 6.45) is 1.80. The summed E-state index contributed by atoms with van der Waals surface area (Å²) in [5.74, 6) is 1.59. The van der Waals surface area contributed by atoms with Crippen LogP contribution in [0.3, 0.4) is 0 Å². The summed E-state index contributed by atoms with van der Waals surface area (Å²) in [5, 5.41) is 9.51. The van der Waals surface area contributed by atoms with Gasteiger partial charge in [0.1, 0.15) is 10.8 Å². The molecular weight excluding hydrogens is 306 g/mol. The second kappa shape index (κ2) is 7.24. The van der Waals surface area contributed by atoms with Crippen LogP contribution in [0.2, 0.25) is 0 Å². The predicted molar refractivity (Wildman–Crippen MR) is 92.6 cm³/mol. The molecule has 2 heterocycles. The van der Waals surface area contributed by atoms with Crippen LogP contribution in [0, 0.1) is 6.92 Å². The summed E-state index contributed by atoms with van der Waals surface area (Å²) in [6.45, 7) is 2.04. The van der Waals surface area contributed by atoms with Gasteiger partial charge in [0.15, 0.2) is 0 Å². The van der Waals surface area contributed by atoms with Crippen LogP contribution in [-0.4, -0.2) is 22.3 Å². The van der Waals surface area contributed by atoms with Crippen LogP contribution < -0.4 is 4.74 Å². The molecule has 0 aliphatic heterocycles. The van der Waals surface area contributed by atoms with Crippen LogP contribution in [0.5, 0.6) is 5.75 Å². The molecule has 3 rings (SSSR count). The minimum Gasteiger partial charge on any atom is -0.496 e. The van der Waals surface area contributed by atoms with E-state index in [4.69, 9.17) is 4.74 Å². The number of nitrogens with zero attached hydrogens (tertiary/aromatic N) is 3. The molecule has 0 N–H and O–H groups in total. The summed E-state index contributed by atoms with van der Waals surface area (Å²) in [6, 6.07) is 15.9. The van der Waals surface area contributed by atoms with Crippen molar-refractivity contribution in [2.24, 2.45) is 0 Å². The van der Waals surface area contributed by atoms with Gasteiger partial charge in [-0.3, -0.25) is 4.98 Å². The van der Waals surface area contributed by atoms with E-state index in [1.165, 1.54) is 0 Å². The van der Waals surface area contributed by atoms with E-state index < -0.39 is 0 Å². The fourth-order valence-electron chi connectivity index (χ4n) is 2.18. The van der Waals surface area contributed by atoms with Crippen LogP contribution in [-0.2, 0) is 5.75 Å². The average Bonchev–Trinajstić information content (AvgIpc) is 2.61. The Hall–Kier alpha value is -2.40. The highest BCUT2D eigenvalue weighted by Gasteiger charge is 2.08. The highest BCUT2D eigenvalue weighted by molar-refractivity contribution is 7.98. The van der Waals surface area contributed by atoms with Gasteiger partial charge < -0.3 is 4.74 Å². The van der Waals surface area contributed by atoms with Gasteiger partial charge in [0.05, 0.1) is 18.5 Å². The third-order valence-electron chi connectivity index (χ3n) is 3.37. The standard InChI is InChI=1S/C18H17N3OS/c1-13-6-7-15(17(11-13)22-2)16-8-9-18(21-20-16)23-12-14-5-3-4-10-19-14/h3-11H,12H2,1-2H3. The van der Waals surface area contributed by atoms with Crippen molar-refractivity contribution in [1.29, 1.82) is 0 Å². The van der Waals surface area contributed by atoms with E-state index in [9.17, 15) is 0 Å². The van der Waals surface area contributed by atoms with Gasteiger partial charge in [0.2, 0.25) is 0 Å². The maximum Gasteiger partial charge on any atom is 0.128 e. The number of aromatic nitrogens is 3. The molecule has 0 saturated carbocycles. The van der Waals surface area contributed by atoms with Gasteiger partial charge >= 0.3 is 0 Å². The Morgan fingerprint density at radius 1 is 1.04 bits per heavy atom. The van der Waals surface area contributed by atoms with Crippen molar-refractivity contribution < 1.29 is 4.74 Å². The summed E-state index contributed by atoms with van der Waals surface area (Å²) in [4.78, 5) is 4.30. The maximum atomic E-state index is 5.43. The molecule has 0 radical (unpaired) electrons. The van der Waals surface area contributed by atoms with Crippen molar-refractivity contribution in [3.8, 4) is 17.0 Å². The number of benzene rings is 1. The number of hydrogen-bond acceptors (Lipinski definition) is 5. The van der Waals surface area contributed by atoms with E-state index >= 15 is 0 Å². The van der Waals surface area contributed by atoms with Crippen molar-refractivity contribution >= 4 is 11.8 Å². The molecular formula is C18H17N3OS. The summed E-state index contributed by atoms with van der Waals surface area (Å²) in [7, 11) is 1.67. The number of rotatable bonds is 5. The lowest BCUT2D eigenvalue weighted by Gasteiger charge is -2.08. The summed E-state index contributed by atoms with van der Waals surface area (Å²) in [5.41, 5.74) is 3.94. The topological polar surface area (TPSA) is 47.9 Å². The second-order valence-electron chi connectivity index (χ2n) is 5.07. The van der Waals surface area contributed by atoms with Crippen molar-refractivity contribution in [3.63, 3.8) is 0 Å². The molecule has 2 aromatic heterocycles. The largest absolute Gasteiger partial charge is 0.496 e. The quantitative estimate of drug-likeness (QED) is 0.660. The first-order valence-electron chi connectivity index (χ1n) is 7.28. The third kappa shape index (κ3) is 3.87. The minimum atomic E-state index is 0.780. The predicted octanol–water partition coefficient (Wildman–Crippen LogP) is 4.15. The Labute approximate surface area is 140 Å². The van der Waals surface area contributed by atoms with E-state index in [1.807, 2.05) is 55.5 Å². The molecule has 23 heavy (non-hydrogen) atoms.